The summed E-state index contributed by atoms with van der Waals surface area (Å²) in [6.07, 6.45) is 2.63. The van der Waals surface area contributed by atoms with Crippen LogP contribution in [-0.4, -0.2) is 12.5 Å². The van der Waals surface area contributed by atoms with Crippen molar-refractivity contribution in [1.82, 2.24) is 0 Å². The van der Waals surface area contributed by atoms with Crippen molar-refractivity contribution in [2.75, 3.05) is 16.8 Å². The van der Waals surface area contributed by atoms with Crippen LogP contribution in [0.3, 0.4) is 0 Å². The normalized spacial score (nSPS) is 16.2. The van der Waals surface area contributed by atoms with Crippen LogP contribution < -0.4 is 10.2 Å². The zero-order valence-corrected chi connectivity index (χ0v) is 13.0. The number of para-hydroxylation sites is 2. The van der Waals surface area contributed by atoms with Crippen molar-refractivity contribution in [3.63, 3.8) is 0 Å². The summed E-state index contributed by atoms with van der Waals surface area (Å²) >= 11 is 1.77. The van der Waals surface area contributed by atoms with Crippen LogP contribution in [0, 0.1) is 0 Å². The summed E-state index contributed by atoms with van der Waals surface area (Å²) in [5, 5.41) is 5.72. The topological polar surface area (TPSA) is 32.3 Å². The maximum Gasteiger partial charge on any atom is 0.227 e. The van der Waals surface area contributed by atoms with Crippen LogP contribution in [0.25, 0.3) is 0 Å². The van der Waals surface area contributed by atoms with Gasteiger partial charge in [-0.05, 0) is 36.4 Å². The van der Waals surface area contributed by atoms with Crippen molar-refractivity contribution >= 4 is 28.6 Å². The van der Waals surface area contributed by atoms with Crippen molar-refractivity contribution < 1.29 is 4.79 Å². The lowest BCUT2D eigenvalue weighted by molar-refractivity contribution is -0.117. The third-order valence-corrected chi connectivity index (χ3v) is 4.88. The third kappa shape index (κ3) is 2.95. The first-order valence-corrected chi connectivity index (χ1v) is 8.37. The number of rotatable bonds is 5. The van der Waals surface area contributed by atoms with E-state index in [9.17, 15) is 4.79 Å². The van der Waals surface area contributed by atoms with Gasteiger partial charge in [-0.3, -0.25) is 4.79 Å². The Kier molecular flexibility index (Phi) is 4.25. The summed E-state index contributed by atoms with van der Waals surface area (Å²) in [5.41, 5.74) is 2.06. The van der Waals surface area contributed by atoms with Crippen LogP contribution in [-0.2, 0) is 4.79 Å². The monoisotopic (exact) mass is 300 g/mol. The Balaban J connectivity index is 1.86. The van der Waals surface area contributed by atoms with Gasteiger partial charge in [-0.15, -0.1) is 11.3 Å². The Hall–Kier alpha value is -1.81. The highest BCUT2D eigenvalue weighted by Crippen LogP contribution is 2.33. The van der Waals surface area contributed by atoms with Gasteiger partial charge in [0, 0.05) is 17.8 Å². The second-order valence-electron chi connectivity index (χ2n) is 5.29. The van der Waals surface area contributed by atoms with Gasteiger partial charge in [-0.1, -0.05) is 25.1 Å². The molecule has 1 aliphatic heterocycles. The summed E-state index contributed by atoms with van der Waals surface area (Å²) in [5.74, 6) is 0.230. The Morgan fingerprint density at radius 2 is 2.14 bits per heavy atom. The second kappa shape index (κ2) is 6.31. The van der Waals surface area contributed by atoms with Crippen molar-refractivity contribution in [3.05, 3.63) is 46.7 Å². The molecule has 0 spiro atoms. The van der Waals surface area contributed by atoms with Gasteiger partial charge >= 0.3 is 0 Å². The lowest BCUT2D eigenvalue weighted by Gasteiger charge is -2.24. The SMILES string of the molecule is CCC(Nc1ccccc1N1CCCC1=O)c1cccs1. The number of hydrogen-bond donors (Lipinski definition) is 1. The molecule has 0 saturated carbocycles. The molecule has 1 fully saturated rings. The Bertz CT molecular complexity index is 609. The predicted octanol–water partition coefficient (Wildman–Crippen LogP) is 4.44. The minimum atomic E-state index is 0.230. The van der Waals surface area contributed by atoms with Gasteiger partial charge in [0.2, 0.25) is 5.91 Å². The first-order valence-electron chi connectivity index (χ1n) is 7.49. The van der Waals surface area contributed by atoms with E-state index in [1.165, 1.54) is 4.88 Å². The average molecular weight is 300 g/mol. The molecule has 1 aromatic heterocycles. The number of anilines is 2. The molecular weight excluding hydrogens is 280 g/mol. The lowest BCUT2D eigenvalue weighted by atomic mass is 10.1. The van der Waals surface area contributed by atoms with E-state index < -0.39 is 0 Å². The first-order chi connectivity index (χ1) is 10.3. The lowest BCUT2D eigenvalue weighted by Crippen LogP contribution is -2.25. The molecule has 1 N–H and O–H groups in total. The molecule has 1 atom stereocenters. The highest BCUT2D eigenvalue weighted by molar-refractivity contribution is 7.10. The number of nitrogens with zero attached hydrogens (tertiary/aromatic N) is 1. The second-order valence-corrected chi connectivity index (χ2v) is 6.27. The van der Waals surface area contributed by atoms with Gasteiger partial charge in [0.1, 0.15) is 0 Å². The molecule has 1 unspecified atom stereocenters. The molecule has 1 amide bonds. The van der Waals surface area contributed by atoms with Crippen molar-refractivity contribution in [2.24, 2.45) is 0 Å². The standard InChI is InChI=1S/C17H20N2OS/c1-2-13(16-9-6-12-21-16)18-14-7-3-4-8-15(14)19-11-5-10-17(19)20/h3-4,6-9,12-13,18H,2,5,10-11H2,1H3. The predicted molar refractivity (Wildman–Crippen MR) is 89.0 cm³/mol. The highest BCUT2D eigenvalue weighted by Gasteiger charge is 2.24. The van der Waals surface area contributed by atoms with Crippen LogP contribution in [0.1, 0.15) is 37.1 Å². The van der Waals surface area contributed by atoms with Gasteiger partial charge in [0.15, 0.2) is 0 Å². The molecule has 21 heavy (non-hydrogen) atoms. The molecule has 3 nitrogen and oxygen atoms in total. The molecule has 4 heteroatoms. The number of amides is 1. The number of thiophene rings is 1. The Labute approximate surface area is 129 Å². The first kappa shape index (κ1) is 14.1. The highest BCUT2D eigenvalue weighted by atomic mass is 32.1. The maximum atomic E-state index is 12.0. The van der Waals surface area contributed by atoms with Gasteiger partial charge in [0.25, 0.3) is 0 Å². The van der Waals surface area contributed by atoms with Crippen LogP contribution in [0.5, 0.6) is 0 Å². The van der Waals surface area contributed by atoms with E-state index in [-0.39, 0.29) is 5.91 Å². The molecule has 1 saturated heterocycles. The van der Waals surface area contributed by atoms with E-state index in [0.717, 1.165) is 30.8 Å². The van der Waals surface area contributed by atoms with Gasteiger partial charge in [-0.25, -0.2) is 0 Å². The third-order valence-electron chi connectivity index (χ3n) is 3.89. The fourth-order valence-corrected chi connectivity index (χ4v) is 3.65. The quantitative estimate of drug-likeness (QED) is 0.885. The largest absolute Gasteiger partial charge is 0.376 e. The number of hydrogen-bond acceptors (Lipinski definition) is 3. The summed E-state index contributed by atoms with van der Waals surface area (Å²) in [6, 6.07) is 12.7. The summed E-state index contributed by atoms with van der Waals surface area (Å²) in [4.78, 5) is 15.3. The Morgan fingerprint density at radius 3 is 2.81 bits per heavy atom. The van der Waals surface area contributed by atoms with Crippen molar-refractivity contribution in [1.29, 1.82) is 0 Å². The molecule has 0 radical (unpaired) electrons. The van der Waals surface area contributed by atoms with Crippen molar-refractivity contribution in [2.45, 2.75) is 32.2 Å². The molecule has 1 aliphatic rings. The van der Waals surface area contributed by atoms with E-state index in [1.807, 2.05) is 23.1 Å². The van der Waals surface area contributed by atoms with Gasteiger partial charge in [0.05, 0.1) is 17.4 Å². The fourth-order valence-electron chi connectivity index (χ4n) is 2.79. The summed E-state index contributed by atoms with van der Waals surface area (Å²) in [7, 11) is 0. The molecule has 3 rings (SSSR count). The van der Waals surface area contributed by atoms with Crippen LogP contribution in [0.4, 0.5) is 11.4 Å². The smallest absolute Gasteiger partial charge is 0.227 e. The van der Waals surface area contributed by atoms with E-state index in [4.69, 9.17) is 0 Å². The van der Waals surface area contributed by atoms with Gasteiger partial charge < -0.3 is 10.2 Å². The molecule has 0 aliphatic carbocycles. The van der Waals surface area contributed by atoms with Gasteiger partial charge in [-0.2, -0.15) is 0 Å². The van der Waals surface area contributed by atoms with E-state index in [2.05, 4.69) is 35.8 Å². The fraction of sp³-hybridized carbons (Fsp3) is 0.353. The zero-order valence-electron chi connectivity index (χ0n) is 12.2. The van der Waals surface area contributed by atoms with Crippen LogP contribution >= 0.6 is 11.3 Å². The van der Waals surface area contributed by atoms with Crippen LogP contribution in [0.2, 0.25) is 0 Å². The minimum Gasteiger partial charge on any atom is -0.376 e. The number of carbonyl (C=O) groups excluding carboxylic acids is 1. The Morgan fingerprint density at radius 1 is 1.29 bits per heavy atom. The molecule has 2 aromatic rings. The maximum absolute atomic E-state index is 12.0. The minimum absolute atomic E-state index is 0.230. The molecule has 1 aromatic carbocycles. The molecule has 110 valence electrons. The van der Waals surface area contributed by atoms with E-state index >= 15 is 0 Å². The molecule has 2 heterocycles. The number of carbonyl (C=O) groups is 1. The number of nitrogens with one attached hydrogen (secondary N) is 1. The van der Waals surface area contributed by atoms with E-state index in [0.29, 0.717) is 12.5 Å². The van der Waals surface area contributed by atoms with E-state index in [1.54, 1.807) is 11.3 Å². The number of benzene rings is 1. The molecule has 0 bridgehead atoms. The van der Waals surface area contributed by atoms with Crippen molar-refractivity contribution in [3.8, 4) is 0 Å². The molecular formula is C17H20N2OS. The summed E-state index contributed by atoms with van der Waals surface area (Å²) in [6.45, 7) is 3.01. The zero-order chi connectivity index (χ0) is 14.7. The summed E-state index contributed by atoms with van der Waals surface area (Å²) < 4.78 is 0. The van der Waals surface area contributed by atoms with Crippen LogP contribution in [0.15, 0.2) is 41.8 Å². The average Bonchev–Trinajstić information content (AvgIpc) is 3.16.